The van der Waals surface area contributed by atoms with E-state index >= 15 is 0 Å². The molecule has 0 saturated heterocycles. The predicted molar refractivity (Wildman–Crippen MR) is 105 cm³/mol. The second-order valence-corrected chi connectivity index (χ2v) is 7.32. The Labute approximate surface area is 160 Å². The molecule has 1 aromatic heterocycles. The molecule has 1 aliphatic rings. The zero-order valence-corrected chi connectivity index (χ0v) is 15.7. The number of benzene rings is 2. The van der Waals surface area contributed by atoms with Crippen molar-refractivity contribution in [2.75, 3.05) is 13.2 Å². The van der Waals surface area contributed by atoms with Crippen LogP contribution in [-0.2, 0) is 17.8 Å². The van der Waals surface area contributed by atoms with Crippen molar-refractivity contribution in [3.05, 3.63) is 52.3 Å². The number of carbonyl (C=O) groups excluding carboxylic acids is 1. The van der Waals surface area contributed by atoms with Crippen LogP contribution in [0.4, 0.5) is 0 Å². The molecule has 0 spiro atoms. The Hall–Kier alpha value is -3.04. The zero-order valence-electron chi connectivity index (χ0n) is 14.9. The Bertz CT molecular complexity index is 1120. The first-order chi connectivity index (χ1) is 13.1. The van der Waals surface area contributed by atoms with Crippen molar-refractivity contribution in [2.24, 2.45) is 4.99 Å². The molecule has 1 amide bonds. The molecule has 0 saturated carbocycles. The lowest BCUT2D eigenvalue weighted by Gasteiger charge is -2.18. The maximum absolute atomic E-state index is 12.5. The Morgan fingerprint density at radius 3 is 2.63 bits per heavy atom. The molecule has 0 unspecified atom stereocenters. The number of rotatable bonds is 3. The van der Waals surface area contributed by atoms with Crippen LogP contribution < -0.4 is 14.3 Å². The van der Waals surface area contributed by atoms with Crippen LogP contribution in [0, 0.1) is 19.3 Å². The zero-order chi connectivity index (χ0) is 18.8. The van der Waals surface area contributed by atoms with Gasteiger partial charge in [-0.05, 0) is 12.5 Å². The van der Waals surface area contributed by atoms with Gasteiger partial charge in [-0.15, -0.1) is 6.42 Å². The molecule has 136 valence electrons. The van der Waals surface area contributed by atoms with Crippen LogP contribution in [0.15, 0.2) is 41.4 Å². The lowest BCUT2D eigenvalue weighted by molar-refractivity contribution is -0.117. The molecule has 0 aliphatic carbocycles. The highest BCUT2D eigenvalue weighted by Crippen LogP contribution is 2.35. The Morgan fingerprint density at radius 1 is 1.22 bits per heavy atom. The number of nitrogens with zero attached hydrogens (tertiary/aromatic N) is 2. The number of thiazole rings is 1. The summed E-state index contributed by atoms with van der Waals surface area (Å²) in [6.07, 6.45) is 5.79. The highest BCUT2D eigenvalue weighted by atomic mass is 32.1. The lowest BCUT2D eigenvalue weighted by atomic mass is 10.1. The summed E-state index contributed by atoms with van der Waals surface area (Å²) in [6, 6.07) is 11.7. The van der Waals surface area contributed by atoms with Gasteiger partial charge in [-0.25, -0.2) is 0 Å². The predicted octanol–water partition coefficient (Wildman–Crippen LogP) is 3.09. The fourth-order valence-corrected chi connectivity index (χ4v) is 4.02. The molecule has 0 N–H and O–H groups in total. The number of hydrogen-bond acceptors (Lipinski definition) is 4. The van der Waals surface area contributed by atoms with E-state index in [1.54, 1.807) is 0 Å². The van der Waals surface area contributed by atoms with Crippen molar-refractivity contribution in [1.29, 1.82) is 0 Å². The molecule has 6 heteroatoms. The van der Waals surface area contributed by atoms with Crippen molar-refractivity contribution in [1.82, 2.24) is 4.57 Å². The third-order valence-corrected chi connectivity index (χ3v) is 5.33. The van der Waals surface area contributed by atoms with E-state index in [2.05, 4.69) is 10.9 Å². The summed E-state index contributed by atoms with van der Waals surface area (Å²) < 4.78 is 14.1. The number of aromatic nitrogens is 1. The van der Waals surface area contributed by atoms with E-state index in [9.17, 15) is 4.79 Å². The van der Waals surface area contributed by atoms with Gasteiger partial charge >= 0.3 is 0 Å². The molecule has 2 heterocycles. The van der Waals surface area contributed by atoms with Gasteiger partial charge in [-0.2, -0.15) is 4.99 Å². The summed E-state index contributed by atoms with van der Waals surface area (Å²) in [7, 11) is 0. The topological polar surface area (TPSA) is 52.8 Å². The van der Waals surface area contributed by atoms with E-state index in [1.807, 2.05) is 47.9 Å². The first-order valence-electron chi connectivity index (χ1n) is 8.63. The van der Waals surface area contributed by atoms with Gasteiger partial charge < -0.3 is 14.0 Å². The molecular formula is C21H18N2O3S. The molecule has 0 atom stereocenters. The van der Waals surface area contributed by atoms with Crippen LogP contribution in [0.2, 0.25) is 0 Å². The minimum atomic E-state index is -0.201. The molecule has 0 radical (unpaired) electrons. The molecule has 0 bridgehead atoms. The Balaban J connectivity index is 1.74. The highest BCUT2D eigenvalue weighted by molar-refractivity contribution is 7.16. The molecule has 0 fully saturated rings. The van der Waals surface area contributed by atoms with E-state index in [0.717, 1.165) is 21.3 Å². The second kappa shape index (κ2) is 7.29. The van der Waals surface area contributed by atoms with Crippen LogP contribution in [0.1, 0.15) is 11.1 Å². The summed E-state index contributed by atoms with van der Waals surface area (Å²) in [6.45, 7) is 3.39. The van der Waals surface area contributed by atoms with Gasteiger partial charge in [0.2, 0.25) is 0 Å². The monoisotopic (exact) mass is 378 g/mol. The SMILES string of the molecule is C#CCn1c(=NC(=O)Cc2ccc(C)cc2)sc2cc3c(cc21)OCCO3. The maximum Gasteiger partial charge on any atom is 0.252 e. The summed E-state index contributed by atoms with van der Waals surface area (Å²) >= 11 is 1.42. The first kappa shape index (κ1) is 17.4. The average Bonchev–Trinajstić information content (AvgIpc) is 2.98. The number of terminal acetylenes is 1. The van der Waals surface area contributed by atoms with E-state index in [-0.39, 0.29) is 12.3 Å². The van der Waals surface area contributed by atoms with E-state index in [1.165, 1.54) is 11.3 Å². The van der Waals surface area contributed by atoms with Gasteiger partial charge in [-0.1, -0.05) is 47.1 Å². The fourth-order valence-electron chi connectivity index (χ4n) is 2.96. The molecular weight excluding hydrogens is 360 g/mol. The second-order valence-electron chi connectivity index (χ2n) is 6.31. The number of ether oxygens (including phenoxy) is 2. The molecule has 27 heavy (non-hydrogen) atoms. The third-order valence-electron chi connectivity index (χ3n) is 4.29. The Kier molecular flexibility index (Phi) is 4.69. The first-order valence-corrected chi connectivity index (χ1v) is 9.45. The maximum atomic E-state index is 12.5. The van der Waals surface area contributed by atoms with Crippen LogP contribution in [-0.4, -0.2) is 23.7 Å². The summed E-state index contributed by atoms with van der Waals surface area (Å²) in [5, 5.41) is 0. The average molecular weight is 378 g/mol. The van der Waals surface area contributed by atoms with E-state index in [4.69, 9.17) is 15.9 Å². The van der Waals surface area contributed by atoms with Crippen molar-refractivity contribution < 1.29 is 14.3 Å². The van der Waals surface area contributed by atoms with Gasteiger partial charge in [0.05, 0.1) is 23.2 Å². The van der Waals surface area contributed by atoms with Crippen LogP contribution >= 0.6 is 11.3 Å². The van der Waals surface area contributed by atoms with Crippen molar-refractivity contribution in [2.45, 2.75) is 19.9 Å². The van der Waals surface area contributed by atoms with Gasteiger partial charge in [-0.3, -0.25) is 4.79 Å². The van der Waals surface area contributed by atoms with Gasteiger partial charge in [0.1, 0.15) is 13.2 Å². The third kappa shape index (κ3) is 3.60. The van der Waals surface area contributed by atoms with Gasteiger partial charge in [0, 0.05) is 12.1 Å². The largest absolute Gasteiger partial charge is 0.486 e. The smallest absolute Gasteiger partial charge is 0.252 e. The quantitative estimate of drug-likeness (QED) is 0.658. The summed E-state index contributed by atoms with van der Waals surface area (Å²) in [4.78, 5) is 17.4. The fraction of sp³-hybridized carbons (Fsp3) is 0.238. The van der Waals surface area contributed by atoms with Crippen molar-refractivity contribution in [3.63, 3.8) is 0 Å². The van der Waals surface area contributed by atoms with Crippen molar-refractivity contribution >= 4 is 27.5 Å². The number of carbonyl (C=O) groups is 1. The number of aryl methyl sites for hydroxylation is 1. The molecule has 2 aromatic carbocycles. The number of hydrogen-bond donors (Lipinski definition) is 0. The highest BCUT2D eigenvalue weighted by Gasteiger charge is 2.16. The van der Waals surface area contributed by atoms with Crippen LogP contribution in [0.5, 0.6) is 11.5 Å². The number of fused-ring (bicyclic) bond motifs is 2. The van der Waals surface area contributed by atoms with Crippen LogP contribution in [0.25, 0.3) is 10.2 Å². The summed E-state index contributed by atoms with van der Waals surface area (Å²) in [5.41, 5.74) is 2.99. The lowest BCUT2D eigenvalue weighted by Crippen LogP contribution is -2.17. The minimum Gasteiger partial charge on any atom is -0.486 e. The van der Waals surface area contributed by atoms with Gasteiger partial charge in [0.25, 0.3) is 5.91 Å². The molecule has 1 aliphatic heterocycles. The van der Waals surface area contributed by atoms with Crippen molar-refractivity contribution in [3.8, 4) is 23.8 Å². The molecule has 4 rings (SSSR count). The number of amides is 1. The Morgan fingerprint density at radius 2 is 1.93 bits per heavy atom. The van der Waals surface area contributed by atoms with E-state index < -0.39 is 0 Å². The normalized spacial score (nSPS) is 13.6. The standard InChI is InChI=1S/C21H18N2O3S/c1-3-8-23-16-12-17-18(26-10-9-25-17)13-19(16)27-21(23)22-20(24)11-15-6-4-14(2)5-7-15/h1,4-7,12-13H,8-11H2,2H3. The van der Waals surface area contributed by atoms with E-state index in [0.29, 0.717) is 36.1 Å². The molecule has 3 aromatic rings. The minimum absolute atomic E-state index is 0.201. The van der Waals surface area contributed by atoms with Crippen LogP contribution in [0.3, 0.4) is 0 Å². The summed E-state index contributed by atoms with van der Waals surface area (Å²) in [5.74, 6) is 3.84. The molecule has 5 nitrogen and oxygen atoms in total. The van der Waals surface area contributed by atoms with Gasteiger partial charge in [0.15, 0.2) is 16.3 Å².